The zero-order chi connectivity index (χ0) is 22.0. The third kappa shape index (κ3) is 4.41. The van der Waals surface area contributed by atoms with E-state index in [4.69, 9.17) is 0 Å². The summed E-state index contributed by atoms with van der Waals surface area (Å²) in [5.74, 6) is 0.376. The van der Waals surface area contributed by atoms with E-state index in [9.17, 15) is 9.90 Å². The van der Waals surface area contributed by atoms with Gasteiger partial charge in [-0.25, -0.2) is 9.97 Å². The molecule has 0 saturated heterocycles. The van der Waals surface area contributed by atoms with Crippen molar-refractivity contribution < 1.29 is 9.90 Å². The summed E-state index contributed by atoms with van der Waals surface area (Å²) in [4.78, 5) is 24.3. The molecule has 2 aromatic heterocycles. The number of nitrogens with zero attached hydrogens (tertiary/aromatic N) is 2. The minimum atomic E-state index is -0.221. The fraction of sp³-hybridized carbons (Fsp3) is 0.208. The molecule has 0 aliphatic heterocycles. The topological polar surface area (TPSA) is 103 Å². The molecule has 0 fully saturated rings. The second-order valence-corrected chi connectivity index (χ2v) is 7.79. The summed E-state index contributed by atoms with van der Waals surface area (Å²) in [5.41, 5.74) is 5.60. The summed E-state index contributed by atoms with van der Waals surface area (Å²) in [5, 5.41) is 16.9. The predicted octanol–water partition coefficient (Wildman–Crippen LogP) is 4.50. The Labute approximate surface area is 180 Å². The van der Waals surface area contributed by atoms with Crippen LogP contribution in [0.4, 0.5) is 11.6 Å². The van der Waals surface area contributed by atoms with Crippen LogP contribution < -0.4 is 10.6 Å². The molecule has 31 heavy (non-hydrogen) atoms. The first-order valence-electron chi connectivity index (χ1n) is 10.2. The van der Waals surface area contributed by atoms with Crippen LogP contribution in [0.5, 0.6) is 0 Å². The first-order chi connectivity index (χ1) is 14.9. The molecule has 0 aliphatic carbocycles. The van der Waals surface area contributed by atoms with Gasteiger partial charge in [0.25, 0.3) is 5.91 Å². The second-order valence-electron chi connectivity index (χ2n) is 7.79. The summed E-state index contributed by atoms with van der Waals surface area (Å²) in [6, 6.07) is 13.3. The van der Waals surface area contributed by atoms with E-state index in [1.807, 2.05) is 45.0 Å². The Bertz CT molecular complexity index is 1230. The first-order valence-corrected chi connectivity index (χ1v) is 10.2. The quantitative estimate of drug-likeness (QED) is 0.371. The number of benzene rings is 2. The van der Waals surface area contributed by atoms with Crippen molar-refractivity contribution in [3.8, 4) is 11.1 Å². The lowest BCUT2D eigenvalue weighted by molar-refractivity contribution is 0.102. The molecule has 1 amide bonds. The van der Waals surface area contributed by atoms with Gasteiger partial charge in [0.1, 0.15) is 5.69 Å². The van der Waals surface area contributed by atoms with E-state index < -0.39 is 0 Å². The molecular weight excluding hydrogens is 390 g/mol. The number of aliphatic hydroxyl groups excluding tert-OH is 1. The Morgan fingerprint density at radius 1 is 1.16 bits per heavy atom. The number of H-pyrrole nitrogens is 1. The molecule has 2 heterocycles. The number of aromatic amines is 1. The predicted molar refractivity (Wildman–Crippen MR) is 123 cm³/mol. The molecule has 0 radical (unpaired) electrons. The van der Waals surface area contributed by atoms with Crippen LogP contribution in [-0.2, 0) is 6.61 Å². The number of hydrogen-bond acceptors (Lipinski definition) is 5. The standard InChI is InChI=1S/C24H25N5O2/c1-14(2)27-24-26-12-17-10-19(15(3)9-22(17)29-24)20-11-18(7-6-16(20)13-30)28-23(31)21-5-4-8-25-21/h4-12,14,25,30H,13H2,1-3H3,(H,28,31)(H,26,27,29). The average molecular weight is 415 g/mol. The lowest BCUT2D eigenvalue weighted by atomic mass is 9.94. The highest BCUT2D eigenvalue weighted by Crippen LogP contribution is 2.32. The minimum Gasteiger partial charge on any atom is -0.392 e. The van der Waals surface area contributed by atoms with Crippen molar-refractivity contribution >= 4 is 28.4 Å². The van der Waals surface area contributed by atoms with Crippen LogP contribution in [0, 0.1) is 6.92 Å². The number of aryl methyl sites for hydroxylation is 1. The molecule has 0 unspecified atom stereocenters. The molecule has 4 rings (SSSR count). The van der Waals surface area contributed by atoms with Gasteiger partial charge in [-0.1, -0.05) is 6.07 Å². The molecule has 0 bridgehead atoms. The molecule has 0 aliphatic rings. The fourth-order valence-corrected chi connectivity index (χ4v) is 3.51. The smallest absolute Gasteiger partial charge is 0.272 e. The van der Waals surface area contributed by atoms with Crippen LogP contribution >= 0.6 is 0 Å². The van der Waals surface area contributed by atoms with Gasteiger partial charge in [0, 0.05) is 29.5 Å². The largest absolute Gasteiger partial charge is 0.392 e. The lowest BCUT2D eigenvalue weighted by Gasteiger charge is -2.15. The third-order valence-electron chi connectivity index (χ3n) is 5.01. The molecule has 2 aromatic carbocycles. The van der Waals surface area contributed by atoms with Gasteiger partial charge in [-0.2, -0.15) is 0 Å². The molecule has 0 saturated carbocycles. The number of aliphatic hydroxyl groups is 1. The zero-order valence-corrected chi connectivity index (χ0v) is 17.7. The van der Waals surface area contributed by atoms with Crippen molar-refractivity contribution in [1.82, 2.24) is 15.0 Å². The van der Waals surface area contributed by atoms with Gasteiger partial charge in [-0.3, -0.25) is 4.79 Å². The van der Waals surface area contributed by atoms with Crippen LogP contribution in [0.1, 0.15) is 35.5 Å². The molecule has 4 N–H and O–H groups in total. The van der Waals surface area contributed by atoms with E-state index in [2.05, 4.69) is 25.6 Å². The van der Waals surface area contributed by atoms with E-state index in [0.717, 1.165) is 33.2 Å². The SMILES string of the molecule is Cc1cc2nc(NC(C)C)ncc2cc1-c1cc(NC(=O)c2ccc[nH]2)ccc1CO. The maximum Gasteiger partial charge on any atom is 0.272 e. The highest BCUT2D eigenvalue weighted by molar-refractivity contribution is 6.03. The normalized spacial score (nSPS) is 11.1. The Morgan fingerprint density at radius 3 is 2.71 bits per heavy atom. The van der Waals surface area contributed by atoms with Gasteiger partial charge in [0.05, 0.1) is 12.1 Å². The lowest BCUT2D eigenvalue weighted by Crippen LogP contribution is -2.12. The maximum atomic E-state index is 12.4. The van der Waals surface area contributed by atoms with Gasteiger partial charge >= 0.3 is 0 Å². The van der Waals surface area contributed by atoms with E-state index in [-0.39, 0.29) is 18.6 Å². The highest BCUT2D eigenvalue weighted by atomic mass is 16.3. The Hall–Kier alpha value is -3.71. The third-order valence-corrected chi connectivity index (χ3v) is 5.01. The minimum absolute atomic E-state index is 0.106. The molecule has 7 nitrogen and oxygen atoms in total. The van der Waals surface area contributed by atoms with Crippen molar-refractivity contribution in [3.63, 3.8) is 0 Å². The van der Waals surface area contributed by atoms with Crippen LogP contribution in [0.2, 0.25) is 0 Å². The van der Waals surface area contributed by atoms with E-state index >= 15 is 0 Å². The number of carbonyl (C=O) groups is 1. The summed E-state index contributed by atoms with van der Waals surface area (Å²) < 4.78 is 0. The average Bonchev–Trinajstić information content (AvgIpc) is 3.28. The Balaban J connectivity index is 1.73. The number of nitrogens with one attached hydrogen (secondary N) is 3. The van der Waals surface area contributed by atoms with Crippen molar-refractivity contribution in [1.29, 1.82) is 0 Å². The van der Waals surface area contributed by atoms with E-state index in [1.54, 1.807) is 30.6 Å². The number of hydrogen-bond donors (Lipinski definition) is 4. The zero-order valence-electron chi connectivity index (χ0n) is 17.7. The number of fused-ring (bicyclic) bond motifs is 1. The number of carbonyl (C=O) groups excluding carboxylic acids is 1. The first kappa shape index (κ1) is 20.6. The van der Waals surface area contributed by atoms with Crippen LogP contribution in [0.15, 0.2) is 54.9 Å². The van der Waals surface area contributed by atoms with Gasteiger partial charge in [-0.15, -0.1) is 0 Å². The Kier molecular flexibility index (Phi) is 5.68. The summed E-state index contributed by atoms with van der Waals surface area (Å²) in [6.07, 6.45) is 3.50. The van der Waals surface area contributed by atoms with Crippen LogP contribution in [0.25, 0.3) is 22.0 Å². The number of aromatic nitrogens is 3. The highest BCUT2D eigenvalue weighted by Gasteiger charge is 2.13. The Morgan fingerprint density at radius 2 is 2.00 bits per heavy atom. The molecule has 7 heteroatoms. The number of amides is 1. The van der Waals surface area contributed by atoms with Gasteiger partial charge < -0.3 is 20.7 Å². The summed E-state index contributed by atoms with van der Waals surface area (Å²) in [7, 11) is 0. The molecule has 0 atom stereocenters. The van der Waals surface area contributed by atoms with E-state index in [0.29, 0.717) is 17.3 Å². The van der Waals surface area contributed by atoms with Gasteiger partial charge in [0.15, 0.2) is 0 Å². The van der Waals surface area contributed by atoms with Crippen molar-refractivity contribution in [2.24, 2.45) is 0 Å². The number of rotatable bonds is 6. The van der Waals surface area contributed by atoms with Crippen LogP contribution in [0.3, 0.4) is 0 Å². The monoisotopic (exact) mass is 415 g/mol. The molecule has 0 spiro atoms. The van der Waals surface area contributed by atoms with Crippen molar-refractivity contribution in [2.45, 2.75) is 33.4 Å². The fourth-order valence-electron chi connectivity index (χ4n) is 3.51. The summed E-state index contributed by atoms with van der Waals surface area (Å²) >= 11 is 0. The maximum absolute atomic E-state index is 12.4. The van der Waals surface area contributed by atoms with Crippen molar-refractivity contribution in [2.75, 3.05) is 10.6 Å². The van der Waals surface area contributed by atoms with Crippen molar-refractivity contribution in [3.05, 3.63) is 71.7 Å². The molecular formula is C24H25N5O2. The number of anilines is 2. The molecule has 158 valence electrons. The summed E-state index contributed by atoms with van der Waals surface area (Å²) in [6.45, 7) is 5.99. The second kappa shape index (κ2) is 8.57. The van der Waals surface area contributed by atoms with Gasteiger partial charge in [0.2, 0.25) is 5.95 Å². The van der Waals surface area contributed by atoms with Gasteiger partial charge in [-0.05, 0) is 79.4 Å². The van der Waals surface area contributed by atoms with E-state index in [1.165, 1.54) is 0 Å². The van der Waals surface area contributed by atoms with Crippen LogP contribution in [-0.4, -0.2) is 32.0 Å². The molecule has 4 aromatic rings.